The van der Waals surface area contributed by atoms with E-state index in [9.17, 15) is 10.1 Å². The lowest BCUT2D eigenvalue weighted by Crippen LogP contribution is -2.56. The normalized spacial score (nSPS) is 24.4. The predicted molar refractivity (Wildman–Crippen MR) is 104 cm³/mol. The van der Waals surface area contributed by atoms with E-state index >= 15 is 0 Å². The maximum absolute atomic E-state index is 13.5. The smallest absolute Gasteiger partial charge is 0.266 e. The third-order valence-corrected chi connectivity index (χ3v) is 6.42. The summed E-state index contributed by atoms with van der Waals surface area (Å²) in [5.41, 5.74) is 7.72. The first-order chi connectivity index (χ1) is 13.5. The third kappa shape index (κ3) is 1.96. The van der Waals surface area contributed by atoms with E-state index in [2.05, 4.69) is 18.2 Å². The molecule has 2 spiro atoms. The number of aliphatic imine (C=N–C) groups is 1. The van der Waals surface area contributed by atoms with Crippen molar-refractivity contribution in [1.82, 2.24) is 4.90 Å². The van der Waals surface area contributed by atoms with Gasteiger partial charge in [0.1, 0.15) is 11.4 Å². The molecule has 0 bridgehead atoms. The molecule has 5 rings (SSSR count). The maximum atomic E-state index is 13.5. The lowest BCUT2D eigenvalue weighted by Gasteiger charge is -2.38. The van der Waals surface area contributed by atoms with Crippen LogP contribution in [-0.2, 0) is 23.2 Å². The molecule has 3 aliphatic rings. The van der Waals surface area contributed by atoms with Gasteiger partial charge in [0.2, 0.25) is 5.54 Å². The minimum atomic E-state index is -1.24. The first-order valence-corrected chi connectivity index (χ1v) is 9.45. The number of nitrogens with zero attached hydrogens (tertiary/aromatic N) is 3. The van der Waals surface area contributed by atoms with E-state index in [0.717, 1.165) is 12.8 Å². The van der Waals surface area contributed by atoms with Gasteiger partial charge in [-0.15, -0.1) is 0 Å². The Labute approximate surface area is 163 Å². The summed E-state index contributed by atoms with van der Waals surface area (Å²) in [6.07, 6.45) is 2.89. The van der Waals surface area contributed by atoms with Gasteiger partial charge in [-0.2, -0.15) is 5.26 Å². The van der Waals surface area contributed by atoms with Crippen molar-refractivity contribution in [3.05, 3.63) is 64.7 Å². The van der Waals surface area contributed by atoms with Gasteiger partial charge >= 0.3 is 0 Å². The zero-order valence-electron chi connectivity index (χ0n) is 15.6. The molecule has 2 aromatic rings. The zero-order chi connectivity index (χ0) is 19.5. The molecule has 28 heavy (non-hydrogen) atoms. The Kier molecular flexibility index (Phi) is 3.35. The van der Waals surface area contributed by atoms with Gasteiger partial charge < -0.3 is 10.5 Å². The summed E-state index contributed by atoms with van der Waals surface area (Å²) in [7, 11) is 1.64. The van der Waals surface area contributed by atoms with Crippen LogP contribution >= 0.6 is 0 Å². The van der Waals surface area contributed by atoms with Gasteiger partial charge in [-0.1, -0.05) is 24.3 Å². The summed E-state index contributed by atoms with van der Waals surface area (Å²) in [6.45, 7) is 0. The fourth-order valence-corrected chi connectivity index (χ4v) is 4.92. The lowest BCUT2D eigenvalue weighted by atomic mass is 9.71. The van der Waals surface area contributed by atoms with Crippen LogP contribution in [0.15, 0.2) is 47.5 Å². The zero-order valence-corrected chi connectivity index (χ0v) is 15.6. The van der Waals surface area contributed by atoms with Crippen LogP contribution < -0.4 is 10.5 Å². The van der Waals surface area contributed by atoms with Gasteiger partial charge in [-0.25, -0.2) is 4.99 Å². The summed E-state index contributed by atoms with van der Waals surface area (Å²) in [5, 5.41) is 9.39. The van der Waals surface area contributed by atoms with Crippen molar-refractivity contribution in [2.24, 2.45) is 10.7 Å². The average molecular weight is 372 g/mol. The minimum Gasteiger partial charge on any atom is -0.483 e. The number of nitrogens with two attached hydrogens (primary N) is 1. The maximum Gasteiger partial charge on any atom is 0.266 e. The van der Waals surface area contributed by atoms with E-state index in [0.29, 0.717) is 29.7 Å². The number of carbonyl (C=O) groups excluding carboxylic acids is 1. The van der Waals surface area contributed by atoms with Gasteiger partial charge in [-0.05, 0) is 55.0 Å². The van der Waals surface area contributed by atoms with Crippen LogP contribution in [0.1, 0.15) is 35.1 Å². The number of hydrogen-bond acceptors (Lipinski definition) is 5. The Morgan fingerprint density at radius 1 is 1.18 bits per heavy atom. The largest absolute Gasteiger partial charge is 0.483 e. The van der Waals surface area contributed by atoms with Gasteiger partial charge in [0.25, 0.3) is 5.91 Å². The SMILES string of the molecule is CN1C(=O)C2(N=C1N)c1cc(C#N)ccc1OC21CCc2ccccc2CC1. The molecule has 0 saturated carbocycles. The highest BCUT2D eigenvalue weighted by atomic mass is 16.5. The molecule has 140 valence electrons. The first kappa shape index (κ1) is 16.8. The highest BCUT2D eigenvalue weighted by Gasteiger charge is 2.68. The number of nitriles is 1. The number of rotatable bonds is 0. The number of benzene rings is 2. The monoisotopic (exact) mass is 372 g/mol. The fraction of sp³-hybridized carbons (Fsp3) is 0.318. The number of likely N-dealkylation sites (N-methyl/N-ethyl adjacent to an activating group) is 1. The first-order valence-electron chi connectivity index (χ1n) is 9.45. The molecule has 1 aliphatic carbocycles. The Hall–Kier alpha value is -3.33. The van der Waals surface area contributed by atoms with Crippen LogP contribution in [0.3, 0.4) is 0 Å². The summed E-state index contributed by atoms with van der Waals surface area (Å²) in [6, 6.07) is 15.7. The van der Waals surface area contributed by atoms with Crippen molar-refractivity contribution >= 4 is 11.9 Å². The number of amides is 1. The molecular weight excluding hydrogens is 352 g/mol. The Bertz CT molecular complexity index is 1060. The van der Waals surface area contributed by atoms with E-state index in [-0.39, 0.29) is 11.9 Å². The fourth-order valence-electron chi connectivity index (χ4n) is 4.92. The quantitative estimate of drug-likeness (QED) is 0.768. The van der Waals surface area contributed by atoms with Crippen LogP contribution in [0.25, 0.3) is 0 Å². The molecular formula is C22H20N4O2. The Morgan fingerprint density at radius 3 is 2.43 bits per heavy atom. The Morgan fingerprint density at radius 2 is 1.86 bits per heavy atom. The second-order valence-corrected chi connectivity index (χ2v) is 7.73. The number of carbonyl (C=O) groups is 1. The van der Waals surface area contributed by atoms with Gasteiger partial charge in [0, 0.05) is 12.6 Å². The number of guanidine groups is 1. The van der Waals surface area contributed by atoms with Crippen LogP contribution in [0, 0.1) is 11.3 Å². The molecule has 0 saturated heterocycles. The van der Waals surface area contributed by atoms with Crippen molar-refractivity contribution in [3.8, 4) is 11.8 Å². The van der Waals surface area contributed by atoms with E-state index in [1.807, 2.05) is 12.1 Å². The molecule has 6 heteroatoms. The number of hydrogen-bond donors (Lipinski definition) is 1. The van der Waals surface area contributed by atoms with Gasteiger partial charge in [-0.3, -0.25) is 9.69 Å². The Balaban J connectivity index is 1.71. The van der Waals surface area contributed by atoms with Gasteiger partial charge in [0.05, 0.1) is 11.6 Å². The average Bonchev–Trinajstić information content (AvgIpc) is 3.01. The summed E-state index contributed by atoms with van der Waals surface area (Å²) < 4.78 is 6.53. The second kappa shape index (κ2) is 5.59. The molecule has 1 atom stereocenters. The standard InChI is InChI=1S/C22H20N4O2/c1-26-19(27)22(25-20(26)24)17-12-14(13-23)6-7-18(17)28-21(22)10-8-15-4-2-3-5-16(15)9-11-21/h2-7,12H,8-11H2,1H3,(H2,24,25). The van der Waals surface area contributed by atoms with Crippen LogP contribution in [0.5, 0.6) is 5.75 Å². The molecule has 0 radical (unpaired) electrons. The molecule has 1 amide bonds. The van der Waals surface area contributed by atoms with Crippen molar-refractivity contribution in [1.29, 1.82) is 5.26 Å². The van der Waals surface area contributed by atoms with E-state index in [1.54, 1.807) is 25.2 Å². The van der Waals surface area contributed by atoms with E-state index < -0.39 is 11.1 Å². The molecule has 2 aliphatic heterocycles. The highest BCUT2D eigenvalue weighted by Crippen LogP contribution is 2.57. The molecule has 2 aromatic carbocycles. The summed E-state index contributed by atoms with van der Waals surface area (Å²) >= 11 is 0. The molecule has 6 nitrogen and oxygen atoms in total. The van der Waals surface area contributed by atoms with Crippen LogP contribution in [0.4, 0.5) is 0 Å². The predicted octanol–water partition coefficient (Wildman–Crippen LogP) is 2.25. The third-order valence-electron chi connectivity index (χ3n) is 6.42. The van der Waals surface area contributed by atoms with Crippen molar-refractivity contribution in [3.63, 3.8) is 0 Å². The molecule has 0 aromatic heterocycles. The lowest BCUT2D eigenvalue weighted by molar-refractivity contribution is -0.138. The van der Waals surface area contributed by atoms with Crippen molar-refractivity contribution in [2.75, 3.05) is 7.05 Å². The van der Waals surface area contributed by atoms with E-state index in [4.69, 9.17) is 15.5 Å². The summed E-state index contributed by atoms with van der Waals surface area (Å²) in [4.78, 5) is 19.6. The van der Waals surface area contributed by atoms with Crippen molar-refractivity contribution in [2.45, 2.75) is 36.8 Å². The van der Waals surface area contributed by atoms with Crippen LogP contribution in [-0.4, -0.2) is 29.4 Å². The molecule has 2 N–H and O–H groups in total. The molecule has 1 unspecified atom stereocenters. The minimum absolute atomic E-state index is 0.185. The molecule has 2 heterocycles. The number of aryl methyl sites for hydroxylation is 2. The van der Waals surface area contributed by atoms with Gasteiger partial charge in [0.15, 0.2) is 5.96 Å². The second-order valence-electron chi connectivity index (χ2n) is 7.73. The number of fused-ring (bicyclic) bond motifs is 4. The van der Waals surface area contributed by atoms with Crippen LogP contribution in [0.2, 0.25) is 0 Å². The number of ether oxygens (including phenoxy) is 1. The van der Waals surface area contributed by atoms with Crippen molar-refractivity contribution < 1.29 is 9.53 Å². The highest BCUT2D eigenvalue weighted by molar-refractivity contribution is 6.08. The summed E-state index contributed by atoms with van der Waals surface area (Å²) in [5.74, 6) is 0.611. The topological polar surface area (TPSA) is 91.7 Å². The molecule has 0 fully saturated rings. The van der Waals surface area contributed by atoms with E-state index in [1.165, 1.54) is 16.0 Å².